The zero-order valence-corrected chi connectivity index (χ0v) is 15.2. The van der Waals surface area contributed by atoms with Crippen LogP contribution in [0.25, 0.3) is 0 Å². The fourth-order valence-electron chi connectivity index (χ4n) is 2.25. The normalized spacial score (nSPS) is 13.9. The van der Waals surface area contributed by atoms with Crippen LogP contribution in [0.4, 0.5) is 0 Å². The van der Waals surface area contributed by atoms with E-state index in [4.69, 9.17) is 0 Å². The average Bonchev–Trinajstić information content (AvgIpc) is 2.46. The first-order valence-corrected chi connectivity index (χ1v) is 8.17. The van der Waals surface area contributed by atoms with Crippen LogP contribution >= 0.6 is 0 Å². The summed E-state index contributed by atoms with van der Waals surface area (Å²) in [5, 5.41) is 12.1. The molecule has 4 heteroatoms. The smallest absolute Gasteiger partial charge is 0.235 e. The van der Waals surface area contributed by atoms with E-state index in [9.17, 15) is 10.1 Å². The van der Waals surface area contributed by atoms with Crippen molar-refractivity contribution >= 4 is 5.91 Å². The monoisotopic (exact) mass is 315 g/mol. The predicted molar refractivity (Wildman–Crippen MR) is 93.9 cm³/mol. The molecule has 0 aliphatic carbocycles. The second kappa shape index (κ2) is 8.12. The largest absolute Gasteiger partial charge is 0.337 e. The Kier molecular flexibility index (Phi) is 6.78. The number of rotatable bonds is 7. The van der Waals surface area contributed by atoms with Crippen molar-refractivity contribution in [2.75, 3.05) is 13.6 Å². The standard InChI is InChI=1S/C19H29N3O/c1-14(2)17-9-7-16(8-10-17)11-22(6)12-18(23)21-19(5,13-20)15(3)4/h7-10,14-15H,11-12H2,1-6H3,(H,21,23)/t19-/m0/s1. The van der Waals surface area contributed by atoms with Crippen molar-refractivity contribution in [3.63, 3.8) is 0 Å². The molecule has 0 unspecified atom stereocenters. The van der Waals surface area contributed by atoms with Crippen LogP contribution < -0.4 is 5.32 Å². The van der Waals surface area contributed by atoms with Gasteiger partial charge in [0.15, 0.2) is 0 Å². The van der Waals surface area contributed by atoms with Crippen molar-refractivity contribution in [1.82, 2.24) is 10.2 Å². The molecule has 0 aromatic heterocycles. The molecule has 1 atom stereocenters. The minimum absolute atomic E-state index is 0.0605. The lowest BCUT2D eigenvalue weighted by Crippen LogP contribution is -2.51. The summed E-state index contributed by atoms with van der Waals surface area (Å²) in [6.07, 6.45) is 0. The third-order valence-corrected chi connectivity index (χ3v) is 4.30. The van der Waals surface area contributed by atoms with Gasteiger partial charge in [0.1, 0.15) is 5.54 Å². The number of hydrogen-bond acceptors (Lipinski definition) is 3. The van der Waals surface area contributed by atoms with E-state index in [0.29, 0.717) is 12.5 Å². The van der Waals surface area contributed by atoms with Crippen LogP contribution in [-0.2, 0) is 11.3 Å². The van der Waals surface area contributed by atoms with Crippen molar-refractivity contribution in [3.8, 4) is 6.07 Å². The lowest BCUT2D eigenvalue weighted by molar-refractivity contribution is -0.123. The van der Waals surface area contributed by atoms with Crippen molar-refractivity contribution < 1.29 is 4.79 Å². The highest BCUT2D eigenvalue weighted by atomic mass is 16.2. The molecular formula is C19H29N3O. The summed E-state index contributed by atoms with van der Waals surface area (Å²) in [6.45, 7) is 11.0. The van der Waals surface area contributed by atoms with E-state index in [-0.39, 0.29) is 18.4 Å². The minimum Gasteiger partial charge on any atom is -0.337 e. The number of nitrogens with one attached hydrogen (secondary N) is 1. The van der Waals surface area contributed by atoms with E-state index in [0.717, 1.165) is 0 Å². The van der Waals surface area contributed by atoms with Gasteiger partial charge in [0, 0.05) is 6.54 Å². The molecule has 0 aliphatic heterocycles. The predicted octanol–water partition coefficient (Wildman–Crippen LogP) is 3.30. The van der Waals surface area contributed by atoms with E-state index in [1.807, 2.05) is 25.8 Å². The van der Waals surface area contributed by atoms with Gasteiger partial charge in [0.2, 0.25) is 5.91 Å². The molecule has 0 heterocycles. The van der Waals surface area contributed by atoms with Gasteiger partial charge in [-0.3, -0.25) is 9.69 Å². The molecule has 0 spiro atoms. The van der Waals surface area contributed by atoms with Crippen LogP contribution in [0.3, 0.4) is 0 Å². The van der Waals surface area contributed by atoms with Crippen molar-refractivity contribution in [1.29, 1.82) is 5.26 Å². The molecule has 0 radical (unpaired) electrons. The van der Waals surface area contributed by atoms with E-state index in [1.54, 1.807) is 6.92 Å². The van der Waals surface area contributed by atoms with Crippen LogP contribution in [-0.4, -0.2) is 29.9 Å². The van der Waals surface area contributed by atoms with Gasteiger partial charge in [0.05, 0.1) is 12.6 Å². The summed E-state index contributed by atoms with van der Waals surface area (Å²) >= 11 is 0. The quantitative estimate of drug-likeness (QED) is 0.840. The van der Waals surface area contributed by atoms with Gasteiger partial charge in [0.25, 0.3) is 0 Å². The van der Waals surface area contributed by atoms with Gasteiger partial charge >= 0.3 is 0 Å². The van der Waals surface area contributed by atoms with Crippen LogP contribution in [0.15, 0.2) is 24.3 Å². The molecule has 0 aliphatic rings. The van der Waals surface area contributed by atoms with E-state index >= 15 is 0 Å². The van der Waals surface area contributed by atoms with E-state index in [2.05, 4.69) is 49.5 Å². The second-order valence-electron chi connectivity index (χ2n) is 7.09. The van der Waals surface area contributed by atoms with Crippen molar-refractivity contribution in [2.45, 2.75) is 52.6 Å². The summed E-state index contributed by atoms with van der Waals surface area (Å²) in [5.74, 6) is 0.460. The molecule has 1 aromatic carbocycles. The zero-order chi connectivity index (χ0) is 17.6. The Bertz CT molecular complexity index is 557. The molecule has 1 rings (SSSR count). The van der Waals surface area contributed by atoms with Gasteiger partial charge < -0.3 is 5.32 Å². The third-order valence-electron chi connectivity index (χ3n) is 4.30. The average molecular weight is 315 g/mol. The summed E-state index contributed by atoms with van der Waals surface area (Å²) in [4.78, 5) is 14.1. The molecule has 23 heavy (non-hydrogen) atoms. The lowest BCUT2D eigenvalue weighted by Gasteiger charge is -2.28. The molecular weight excluding hydrogens is 286 g/mol. The Morgan fingerprint density at radius 3 is 2.26 bits per heavy atom. The molecule has 1 amide bonds. The Hall–Kier alpha value is -1.86. The molecule has 126 valence electrons. The number of carbonyl (C=O) groups is 1. The number of amides is 1. The maximum absolute atomic E-state index is 12.2. The first-order valence-electron chi connectivity index (χ1n) is 8.17. The minimum atomic E-state index is -0.823. The van der Waals surface area contributed by atoms with E-state index in [1.165, 1.54) is 11.1 Å². The van der Waals surface area contributed by atoms with E-state index < -0.39 is 5.54 Å². The molecule has 1 N–H and O–H groups in total. The molecule has 0 saturated carbocycles. The first kappa shape index (κ1) is 19.2. The topological polar surface area (TPSA) is 56.1 Å². The zero-order valence-electron chi connectivity index (χ0n) is 15.2. The summed E-state index contributed by atoms with van der Waals surface area (Å²) in [5.41, 5.74) is 1.67. The summed E-state index contributed by atoms with van der Waals surface area (Å²) in [6, 6.07) is 10.7. The van der Waals surface area contributed by atoms with Crippen LogP contribution in [0.2, 0.25) is 0 Å². The Morgan fingerprint density at radius 2 is 1.83 bits per heavy atom. The lowest BCUT2D eigenvalue weighted by atomic mass is 9.90. The number of nitrogens with zero attached hydrogens (tertiary/aromatic N) is 2. The number of nitriles is 1. The summed E-state index contributed by atoms with van der Waals surface area (Å²) in [7, 11) is 1.91. The number of benzene rings is 1. The Morgan fingerprint density at radius 1 is 1.26 bits per heavy atom. The molecule has 1 aromatic rings. The van der Waals surface area contributed by atoms with Crippen molar-refractivity contribution in [3.05, 3.63) is 35.4 Å². The molecule has 0 saturated heterocycles. The highest BCUT2D eigenvalue weighted by molar-refractivity contribution is 5.79. The fourth-order valence-corrected chi connectivity index (χ4v) is 2.25. The van der Waals surface area contributed by atoms with Gasteiger partial charge in [-0.05, 0) is 36.9 Å². The van der Waals surface area contributed by atoms with Crippen LogP contribution in [0, 0.1) is 17.2 Å². The summed E-state index contributed by atoms with van der Waals surface area (Å²) < 4.78 is 0. The Balaban J connectivity index is 2.58. The van der Waals surface area contributed by atoms with Gasteiger partial charge in [-0.25, -0.2) is 0 Å². The molecule has 0 bridgehead atoms. The fraction of sp³-hybridized carbons (Fsp3) is 0.579. The van der Waals surface area contributed by atoms with Crippen LogP contribution in [0.1, 0.15) is 51.7 Å². The van der Waals surface area contributed by atoms with Crippen molar-refractivity contribution in [2.24, 2.45) is 5.92 Å². The number of likely N-dealkylation sites (N-methyl/N-ethyl adjacent to an activating group) is 1. The highest BCUT2D eigenvalue weighted by Gasteiger charge is 2.30. The SMILES string of the molecule is CC(C)c1ccc(CN(C)CC(=O)N[C@@](C)(C#N)C(C)C)cc1. The third kappa shape index (κ3) is 5.69. The van der Waals surface area contributed by atoms with Gasteiger partial charge in [-0.1, -0.05) is 52.0 Å². The van der Waals surface area contributed by atoms with Gasteiger partial charge in [-0.2, -0.15) is 5.26 Å². The second-order valence-corrected chi connectivity index (χ2v) is 7.09. The molecule has 0 fully saturated rings. The number of hydrogen-bond donors (Lipinski definition) is 1. The highest BCUT2D eigenvalue weighted by Crippen LogP contribution is 2.16. The van der Waals surface area contributed by atoms with Crippen LogP contribution in [0.5, 0.6) is 0 Å². The Labute approximate surface area is 140 Å². The number of carbonyl (C=O) groups excluding carboxylic acids is 1. The first-order chi connectivity index (χ1) is 10.7. The maximum atomic E-state index is 12.2. The van der Waals surface area contributed by atoms with Gasteiger partial charge in [-0.15, -0.1) is 0 Å². The maximum Gasteiger partial charge on any atom is 0.235 e. The molecule has 4 nitrogen and oxygen atoms in total.